The quantitative estimate of drug-likeness (QED) is 0.534. The van der Waals surface area contributed by atoms with Crippen LogP contribution < -0.4 is 15.7 Å². The molecule has 2 atom stereocenters. The van der Waals surface area contributed by atoms with Gasteiger partial charge in [0, 0.05) is 18.7 Å². The maximum Gasteiger partial charge on any atom is 0.427 e. The highest BCUT2D eigenvalue weighted by Crippen LogP contribution is 2.36. The predicted octanol–water partition coefficient (Wildman–Crippen LogP) is 4.10. The Balaban J connectivity index is 1.54. The molecule has 1 unspecified atom stereocenters. The summed E-state index contributed by atoms with van der Waals surface area (Å²) in [7, 11) is 0. The molecule has 3 aromatic rings. The molecule has 2 aliphatic heterocycles. The number of ether oxygens (including phenoxy) is 1. The molecule has 1 aromatic carbocycles. The first-order valence-electron chi connectivity index (χ1n) is 13.4. The molecule has 2 aromatic heterocycles. The molecule has 1 aliphatic carbocycles. The molecule has 1 amide bonds. The number of imidazole rings is 1. The SMILES string of the molecule is Cc1cccc(-c2nc(C3NOC(=O)N3)nc3nc(N4CCOC[C@@H]4C)n(CC4CCC(C)CC4)c23)c1. The van der Waals surface area contributed by atoms with Crippen LogP contribution in [0.25, 0.3) is 22.4 Å². The van der Waals surface area contributed by atoms with Crippen LogP contribution in [0, 0.1) is 18.8 Å². The predicted molar refractivity (Wildman–Crippen MR) is 140 cm³/mol. The Hall–Kier alpha value is -3.24. The van der Waals surface area contributed by atoms with Gasteiger partial charge in [-0.1, -0.05) is 43.5 Å². The molecular weight excluding hydrogens is 470 g/mol. The number of rotatable bonds is 5. The number of carbonyl (C=O) groups is 1. The summed E-state index contributed by atoms with van der Waals surface area (Å²) in [6.07, 6.45) is 3.76. The Morgan fingerprint density at radius 1 is 1.11 bits per heavy atom. The zero-order valence-electron chi connectivity index (χ0n) is 21.7. The van der Waals surface area contributed by atoms with Crippen LogP contribution in [0.3, 0.4) is 0 Å². The van der Waals surface area contributed by atoms with Crippen molar-refractivity contribution in [2.24, 2.45) is 11.8 Å². The van der Waals surface area contributed by atoms with Crippen molar-refractivity contribution in [3.8, 4) is 11.3 Å². The maximum atomic E-state index is 11.7. The molecule has 1 saturated carbocycles. The number of benzene rings is 1. The number of morpholine rings is 1. The van der Waals surface area contributed by atoms with Gasteiger partial charge in [0.15, 0.2) is 17.6 Å². The van der Waals surface area contributed by atoms with Gasteiger partial charge in [-0.2, -0.15) is 4.98 Å². The van der Waals surface area contributed by atoms with Gasteiger partial charge < -0.3 is 19.0 Å². The average Bonchev–Trinajstić information content (AvgIpc) is 3.49. The molecule has 2 saturated heterocycles. The number of anilines is 1. The second-order valence-electron chi connectivity index (χ2n) is 10.8. The van der Waals surface area contributed by atoms with Crippen molar-refractivity contribution in [3.05, 3.63) is 35.7 Å². The fraction of sp³-hybridized carbons (Fsp3) is 0.556. The van der Waals surface area contributed by atoms with E-state index in [4.69, 9.17) is 24.5 Å². The van der Waals surface area contributed by atoms with Crippen LogP contribution in [0.2, 0.25) is 0 Å². The van der Waals surface area contributed by atoms with Crippen LogP contribution in [-0.2, 0) is 16.1 Å². The van der Waals surface area contributed by atoms with Gasteiger partial charge in [0.05, 0.1) is 19.3 Å². The molecule has 4 heterocycles. The van der Waals surface area contributed by atoms with Gasteiger partial charge in [-0.3, -0.25) is 5.32 Å². The van der Waals surface area contributed by atoms with Gasteiger partial charge in [-0.25, -0.2) is 14.8 Å². The Labute approximate surface area is 216 Å². The molecule has 3 aliphatic rings. The van der Waals surface area contributed by atoms with E-state index in [0.717, 1.165) is 47.3 Å². The summed E-state index contributed by atoms with van der Waals surface area (Å²) in [4.78, 5) is 34.0. The van der Waals surface area contributed by atoms with Crippen LogP contribution in [0.1, 0.15) is 57.1 Å². The number of aryl methyl sites for hydroxylation is 1. The van der Waals surface area contributed by atoms with Crippen molar-refractivity contribution >= 4 is 23.2 Å². The highest BCUT2D eigenvalue weighted by Gasteiger charge is 2.32. The molecular formula is C27H35N7O3. The lowest BCUT2D eigenvalue weighted by Crippen LogP contribution is -2.45. The molecule has 10 heteroatoms. The van der Waals surface area contributed by atoms with Gasteiger partial charge in [0.25, 0.3) is 0 Å². The molecule has 0 bridgehead atoms. The summed E-state index contributed by atoms with van der Waals surface area (Å²) in [5.41, 5.74) is 7.22. The first-order valence-corrected chi connectivity index (χ1v) is 13.4. The lowest BCUT2D eigenvalue weighted by atomic mass is 9.83. The molecule has 2 N–H and O–H groups in total. The van der Waals surface area contributed by atoms with Crippen LogP contribution in [0.15, 0.2) is 24.3 Å². The summed E-state index contributed by atoms with van der Waals surface area (Å²) in [6, 6.07) is 8.54. The number of amides is 1. The van der Waals surface area contributed by atoms with E-state index in [0.29, 0.717) is 30.6 Å². The fourth-order valence-corrected chi connectivity index (χ4v) is 5.76. The first-order chi connectivity index (χ1) is 18.0. The molecule has 10 nitrogen and oxygen atoms in total. The number of aromatic nitrogens is 4. The lowest BCUT2D eigenvalue weighted by Gasteiger charge is -2.35. The smallest absolute Gasteiger partial charge is 0.377 e. The molecule has 196 valence electrons. The van der Waals surface area contributed by atoms with E-state index in [1.807, 2.05) is 6.07 Å². The Kier molecular flexibility index (Phi) is 6.46. The zero-order valence-corrected chi connectivity index (χ0v) is 21.7. The Bertz CT molecular complexity index is 1300. The standard InChI is InChI=1S/C27H35N7O3/c1-16-7-9-19(10-8-16)14-34-22-21(20-6-4-5-17(2)13-20)28-24(25-31-27(35)37-32-25)29-23(22)30-26(34)33-11-12-36-15-18(33)3/h4-6,13,16,18-19,25,32H,7-12,14-15H2,1-3H3,(H,31,35)/t16?,18-,19?,25?/m0/s1. The molecule has 6 rings (SSSR count). The highest BCUT2D eigenvalue weighted by molar-refractivity contribution is 5.90. The van der Waals surface area contributed by atoms with E-state index >= 15 is 0 Å². The number of hydrogen-bond acceptors (Lipinski definition) is 8. The second-order valence-corrected chi connectivity index (χ2v) is 10.8. The third-order valence-corrected chi connectivity index (χ3v) is 7.88. The van der Waals surface area contributed by atoms with Crippen LogP contribution in [-0.4, -0.2) is 51.4 Å². The minimum Gasteiger partial charge on any atom is -0.377 e. The number of carbonyl (C=O) groups excluding carboxylic acids is 1. The minimum atomic E-state index is -0.642. The fourth-order valence-electron chi connectivity index (χ4n) is 5.76. The Morgan fingerprint density at radius 2 is 1.95 bits per heavy atom. The summed E-state index contributed by atoms with van der Waals surface area (Å²) >= 11 is 0. The van der Waals surface area contributed by atoms with Gasteiger partial charge in [0.2, 0.25) is 5.95 Å². The third kappa shape index (κ3) is 4.75. The van der Waals surface area contributed by atoms with E-state index in [1.165, 1.54) is 25.7 Å². The summed E-state index contributed by atoms with van der Waals surface area (Å²) < 4.78 is 8.10. The van der Waals surface area contributed by atoms with Crippen molar-refractivity contribution in [3.63, 3.8) is 0 Å². The first kappa shape index (κ1) is 24.1. The van der Waals surface area contributed by atoms with Crippen molar-refractivity contribution in [1.29, 1.82) is 0 Å². The Morgan fingerprint density at radius 3 is 2.68 bits per heavy atom. The van der Waals surface area contributed by atoms with Crippen LogP contribution in [0.5, 0.6) is 0 Å². The number of hydrogen-bond donors (Lipinski definition) is 2. The van der Waals surface area contributed by atoms with E-state index in [-0.39, 0.29) is 6.04 Å². The lowest BCUT2D eigenvalue weighted by molar-refractivity contribution is 0.0976. The van der Waals surface area contributed by atoms with E-state index in [1.54, 1.807) is 0 Å². The summed E-state index contributed by atoms with van der Waals surface area (Å²) in [5.74, 6) is 2.72. The van der Waals surface area contributed by atoms with Crippen LogP contribution >= 0.6 is 0 Å². The van der Waals surface area contributed by atoms with Gasteiger partial charge in [-0.05, 0) is 44.6 Å². The van der Waals surface area contributed by atoms with Crippen molar-refractivity contribution in [1.82, 2.24) is 30.3 Å². The maximum absolute atomic E-state index is 11.7. The van der Waals surface area contributed by atoms with Gasteiger partial charge in [-0.15, -0.1) is 5.48 Å². The monoisotopic (exact) mass is 505 g/mol. The summed E-state index contributed by atoms with van der Waals surface area (Å²) in [5, 5.41) is 2.73. The third-order valence-electron chi connectivity index (χ3n) is 7.88. The number of hydroxylamine groups is 1. The highest BCUT2D eigenvalue weighted by atomic mass is 16.7. The molecule has 0 spiro atoms. The largest absolute Gasteiger partial charge is 0.427 e. The van der Waals surface area contributed by atoms with E-state index < -0.39 is 12.3 Å². The average molecular weight is 506 g/mol. The number of fused-ring (bicyclic) bond motifs is 1. The van der Waals surface area contributed by atoms with E-state index in [9.17, 15) is 4.79 Å². The number of nitrogens with zero attached hydrogens (tertiary/aromatic N) is 5. The van der Waals surface area contributed by atoms with Crippen LogP contribution in [0.4, 0.5) is 10.7 Å². The molecule has 0 radical (unpaired) electrons. The van der Waals surface area contributed by atoms with Crippen molar-refractivity contribution < 1.29 is 14.4 Å². The van der Waals surface area contributed by atoms with Crippen molar-refractivity contribution in [2.75, 3.05) is 24.7 Å². The van der Waals surface area contributed by atoms with Gasteiger partial charge in [0.1, 0.15) is 11.2 Å². The number of nitrogens with one attached hydrogen (secondary N) is 2. The minimum absolute atomic E-state index is 0.203. The van der Waals surface area contributed by atoms with Crippen molar-refractivity contribution in [2.45, 2.75) is 65.2 Å². The second kappa shape index (κ2) is 9.90. The molecule has 37 heavy (non-hydrogen) atoms. The normalized spacial score (nSPS) is 26.4. The molecule has 3 fully saturated rings. The summed E-state index contributed by atoms with van der Waals surface area (Å²) in [6.45, 7) is 9.61. The van der Waals surface area contributed by atoms with E-state index in [2.05, 4.69) is 59.2 Å². The zero-order chi connectivity index (χ0) is 25.5. The van der Waals surface area contributed by atoms with Gasteiger partial charge >= 0.3 is 6.09 Å². The topological polar surface area (TPSA) is 106 Å².